The van der Waals surface area contributed by atoms with Gasteiger partial charge in [-0.1, -0.05) is 59.7 Å². The lowest BCUT2D eigenvalue weighted by molar-refractivity contribution is -0.129. The van der Waals surface area contributed by atoms with Gasteiger partial charge in [0, 0.05) is 34.7 Å². The van der Waals surface area contributed by atoms with Gasteiger partial charge in [0.25, 0.3) is 0 Å². The highest BCUT2D eigenvalue weighted by atomic mass is 32.2. The molecule has 0 radical (unpaired) electrons. The normalized spacial score (nSPS) is 12.6. The van der Waals surface area contributed by atoms with Gasteiger partial charge in [-0.3, -0.25) is 0 Å². The maximum Gasteiger partial charge on any atom is 0.336 e. The molecule has 204 valence electrons. The second-order valence-electron chi connectivity index (χ2n) is 8.47. The van der Waals surface area contributed by atoms with E-state index in [-0.39, 0.29) is 0 Å². The Hall–Kier alpha value is -2.51. The lowest BCUT2D eigenvalue weighted by atomic mass is 10.1. The van der Waals surface area contributed by atoms with Crippen LogP contribution in [-0.2, 0) is 22.4 Å². The molecule has 4 aromatic heterocycles. The van der Waals surface area contributed by atoms with Crippen LogP contribution in [0.4, 0.5) is 0 Å². The van der Waals surface area contributed by atoms with E-state index in [1.807, 2.05) is 35.0 Å². The van der Waals surface area contributed by atoms with Crippen molar-refractivity contribution in [2.45, 2.75) is 48.7 Å². The molecule has 2 atom stereocenters. The molecule has 0 aliphatic rings. The predicted octanol–water partition coefficient (Wildman–Crippen LogP) is 7.45. The zero-order chi connectivity index (χ0) is 28.1. The van der Waals surface area contributed by atoms with E-state index in [1.165, 1.54) is 34.4 Å². The van der Waals surface area contributed by atoms with Gasteiger partial charge in [-0.05, 0) is 47.9 Å². The van der Waals surface area contributed by atoms with Gasteiger partial charge in [0.2, 0.25) is 0 Å². The molecule has 0 saturated heterocycles. The summed E-state index contributed by atoms with van der Waals surface area (Å²) >= 11 is 7.03. The number of thiophene rings is 4. The summed E-state index contributed by atoms with van der Waals surface area (Å²) in [5.41, 5.74) is 1.64. The molecule has 2 N–H and O–H groups in total. The third-order valence-corrected chi connectivity index (χ3v) is 11.1. The van der Waals surface area contributed by atoms with E-state index >= 15 is 0 Å². The maximum absolute atomic E-state index is 12.3. The Bertz CT molecular complexity index is 1350. The second-order valence-corrected chi connectivity index (χ2v) is 13.3. The number of hydrogen-bond donors (Lipinski definition) is 2. The van der Waals surface area contributed by atoms with Gasteiger partial charge in [-0.15, -0.1) is 22.7 Å². The van der Waals surface area contributed by atoms with Crippen LogP contribution in [0.1, 0.15) is 25.0 Å². The Morgan fingerprint density at radius 1 is 0.846 bits per heavy atom. The Morgan fingerprint density at radius 2 is 1.26 bits per heavy atom. The van der Waals surface area contributed by atoms with Crippen molar-refractivity contribution in [1.82, 2.24) is 0 Å². The van der Waals surface area contributed by atoms with Crippen LogP contribution in [0, 0.1) is 0 Å². The van der Waals surface area contributed by atoms with E-state index in [0.717, 1.165) is 42.8 Å². The van der Waals surface area contributed by atoms with Crippen LogP contribution in [0.5, 0.6) is 10.1 Å². The first kappa shape index (κ1) is 29.5. The summed E-state index contributed by atoms with van der Waals surface area (Å²) in [6, 6.07) is 7.83. The Balaban J connectivity index is 1.96. The molecule has 2 unspecified atom stereocenters. The van der Waals surface area contributed by atoms with Gasteiger partial charge in [-0.2, -0.15) is 0 Å². The summed E-state index contributed by atoms with van der Waals surface area (Å²) in [7, 11) is 0. The first-order valence-electron chi connectivity index (χ1n) is 11.8. The predicted molar refractivity (Wildman–Crippen MR) is 162 cm³/mol. The minimum Gasteiger partial charge on any atom is -0.411 e. The summed E-state index contributed by atoms with van der Waals surface area (Å²) in [6.45, 7) is 10.5. The highest BCUT2D eigenvalue weighted by molar-refractivity contribution is 8.00. The topological polar surface area (TPSA) is 93.1 Å². The van der Waals surface area contributed by atoms with Crippen LogP contribution in [0.25, 0.3) is 19.5 Å². The summed E-state index contributed by atoms with van der Waals surface area (Å²) in [5.74, 6) is -1.21. The fraction of sp³-hybridized carbons (Fsp3) is 0.214. The lowest BCUT2D eigenvalue weighted by Gasteiger charge is -2.13. The molecule has 0 amide bonds. The minimum atomic E-state index is -0.667. The average Bonchev–Trinajstić information content (AvgIpc) is 3.69. The molecule has 0 fully saturated rings. The third kappa shape index (κ3) is 6.98. The summed E-state index contributed by atoms with van der Waals surface area (Å²) in [5, 5.41) is 25.5. The van der Waals surface area contributed by atoms with Crippen molar-refractivity contribution in [1.29, 1.82) is 0 Å². The van der Waals surface area contributed by atoms with E-state index < -0.39 is 24.1 Å². The molecule has 4 rings (SSSR count). The molecule has 0 aliphatic heterocycles. The number of carbonyl (C=O) groups is 2. The van der Waals surface area contributed by atoms with E-state index in [2.05, 4.69) is 13.2 Å². The molecule has 0 aromatic carbocycles. The molecule has 4 aromatic rings. The fourth-order valence-corrected chi connectivity index (χ4v) is 9.36. The van der Waals surface area contributed by atoms with Crippen molar-refractivity contribution in [3.05, 3.63) is 71.5 Å². The minimum absolute atomic E-state index is 0.313. The molecule has 0 saturated carbocycles. The number of hydrogen-bond acceptors (Lipinski definition) is 11. The fourth-order valence-electron chi connectivity index (χ4n) is 3.74. The van der Waals surface area contributed by atoms with Crippen molar-refractivity contribution in [3.8, 4) is 29.6 Å². The lowest BCUT2D eigenvalue weighted by Crippen LogP contribution is -2.08. The van der Waals surface area contributed by atoms with Gasteiger partial charge in [0.15, 0.2) is 10.1 Å². The number of rotatable bonds is 12. The Morgan fingerprint density at radius 3 is 1.56 bits per heavy atom. The van der Waals surface area contributed by atoms with Crippen LogP contribution >= 0.6 is 57.1 Å². The van der Waals surface area contributed by atoms with E-state index in [9.17, 15) is 19.8 Å². The molecule has 11 heteroatoms. The Labute approximate surface area is 246 Å². The molecule has 0 bridgehead atoms. The highest BCUT2D eigenvalue weighted by Crippen LogP contribution is 2.56. The second kappa shape index (κ2) is 13.2. The van der Waals surface area contributed by atoms with Gasteiger partial charge in [0.1, 0.15) is 0 Å². The zero-order valence-corrected chi connectivity index (χ0v) is 25.3. The van der Waals surface area contributed by atoms with E-state index in [1.54, 1.807) is 36.5 Å². The van der Waals surface area contributed by atoms with Crippen molar-refractivity contribution in [3.63, 3.8) is 0 Å². The maximum atomic E-state index is 12.3. The molecule has 4 heterocycles. The first-order valence-corrected chi connectivity index (χ1v) is 16.0. The first-order chi connectivity index (χ1) is 18.7. The monoisotopic (exact) mass is 618 g/mol. The summed E-state index contributed by atoms with van der Waals surface area (Å²) < 4.78 is 11.4. The van der Waals surface area contributed by atoms with E-state index in [4.69, 9.17) is 9.47 Å². The van der Waals surface area contributed by atoms with E-state index in [0.29, 0.717) is 32.8 Å². The molecule has 0 spiro atoms. The van der Waals surface area contributed by atoms with Gasteiger partial charge in [0.05, 0.1) is 31.8 Å². The van der Waals surface area contributed by atoms with Crippen LogP contribution in [0.2, 0.25) is 0 Å². The molecule has 6 nitrogen and oxygen atoms in total. The number of ether oxygens (including phenoxy) is 2. The van der Waals surface area contributed by atoms with Gasteiger partial charge < -0.3 is 19.7 Å². The van der Waals surface area contributed by atoms with Crippen molar-refractivity contribution in [2.24, 2.45) is 0 Å². The number of carbonyl (C=O) groups excluding carboxylic acids is 2. The quantitative estimate of drug-likeness (QED) is 0.126. The Kier molecular flexibility index (Phi) is 10.00. The van der Waals surface area contributed by atoms with Crippen molar-refractivity contribution < 1.29 is 29.3 Å². The summed E-state index contributed by atoms with van der Waals surface area (Å²) in [6.07, 6.45) is 1.49. The van der Waals surface area contributed by atoms with Crippen LogP contribution in [-0.4, -0.2) is 34.4 Å². The average molecular weight is 619 g/mol. The number of aliphatic hydroxyl groups is 2. The summed E-state index contributed by atoms with van der Waals surface area (Å²) in [4.78, 5) is 29.7. The molecular formula is C28H26O6S5. The van der Waals surface area contributed by atoms with Crippen LogP contribution in [0.3, 0.4) is 0 Å². The largest absolute Gasteiger partial charge is 0.411 e. The number of esters is 2. The number of aliphatic hydroxyl groups excluding tert-OH is 2. The highest BCUT2D eigenvalue weighted by Gasteiger charge is 2.30. The van der Waals surface area contributed by atoms with Crippen LogP contribution < -0.4 is 9.47 Å². The van der Waals surface area contributed by atoms with Crippen molar-refractivity contribution >= 4 is 69.0 Å². The molecule has 0 aliphatic carbocycles. The standard InChI is InChI=1S/C28H26O6S5/c1-5-21(31)33-27-25(17(13-15(3)29)23(38-27)19-9-7-11-35-19)37-26-18(14-16(4)30)24(20-10-8-12-36-20)39-28(26)34-22(32)6-2/h5-12,15-16,29-30H,1-2,13-14H2,3-4H3. The van der Waals surface area contributed by atoms with Crippen LogP contribution in [0.15, 0.2) is 70.1 Å². The smallest absolute Gasteiger partial charge is 0.336 e. The van der Waals surface area contributed by atoms with Crippen molar-refractivity contribution in [2.75, 3.05) is 0 Å². The van der Waals surface area contributed by atoms with Gasteiger partial charge in [-0.25, -0.2) is 9.59 Å². The zero-order valence-electron chi connectivity index (χ0n) is 21.2. The molecular weight excluding hydrogens is 593 g/mol. The third-order valence-electron chi connectivity index (χ3n) is 5.27. The van der Waals surface area contributed by atoms with Gasteiger partial charge >= 0.3 is 11.9 Å². The SMILES string of the molecule is C=CC(=O)Oc1sc(-c2cccs2)c(CC(C)O)c1Sc1c(OC(=O)C=C)sc(-c2cccs2)c1CC(C)O. The molecule has 39 heavy (non-hydrogen) atoms.